The lowest BCUT2D eigenvalue weighted by Crippen LogP contribution is -2.16. The molecule has 106 valence electrons. The summed E-state index contributed by atoms with van der Waals surface area (Å²) in [6.07, 6.45) is -0.105. The Morgan fingerprint density at radius 1 is 1.25 bits per heavy atom. The molecule has 2 aromatic rings. The molecular weight excluding hydrogens is 286 g/mol. The first kappa shape index (κ1) is 14.0. The van der Waals surface area contributed by atoms with Crippen LogP contribution in [0.1, 0.15) is 5.69 Å². The van der Waals surface area contributed by atoms with Gasteiger partial charge in [-0.25, -0.2) is 18.2 Å². The maximum Gasteiger partial charge on any atom is 0.238 e. The fourth-order valence-electron chi connectivity index (χ4n) is 1.42. The first-order valence-corrected chi connectivity index (χ1v) is 6.90. The molecule has 2 rings (SSSR count). The van der Waals surface area contributed by atoms with Gasteiger partial charge >= 0.3 is 0 Å². The van der Waals surface area contributed by atoms with Gasteiger partial charge in [0, 0.05) is 5.69 Å². The normalized spacial score (nSPS) is 11.2. The summed E-state index contributed by atoms with van der Waals surface area (Å²) in [7, 11) is -3.75. The van der Waals surface area contributed by atoms with E-state index >= 15 is 0 Å². The van der Waals surface area contributed by atoms with Crippen LogP contribution in [0, 0.1) is 0 Å². The monoisotopic (exact) mass is 297 g/mol. The van der Waals surface area contributed by atoms with Crippen LogP contribution < -0.4 is 16.2 Å². The maximum absolute atomic E-state index is 11.7. The second-order valence-corrected chi connectivity index (χ2v) is 5.45. The van der Waals surface area contributed by atoms with Gasteiger partial charge in [-0.1, -0.05) is 5.16 Å². The number of rotatable bonds is 4. The Bertz CT molecular complexity index is 722. The van der Waals surface area contributed by atoms with Crippen molar-refractivity contribution in [3.8, 4) is 0 Å². The Morgan fingerprint density at radius 3 is 2.40 bits per heavy atom. The third-order valence-corrected chi connectivity index (χ3v) is 3.31. The highest BCUT2D eigenvalue weighted by Gasteiger charge is 2.12. The number of hydrogen-bond acceptors (Lipinski definition) is 7. The molecule has 5 N–H and O–H groups in total. The number of nitrogen functional groups attached to an aromatic ring is 1. The van der Waals surface area contributed by atoms with Crippen molar-refractivity contribution in [2.24, 2.45) is 5.14 Å². The first-order valence-electron chi connectivity index (χ1n) is 5.36. The van der Waals surface area contributed by atoms with Crippen LogP contribution in [0.25, 0.3) is 0 Å². The molecule has 9 nitrogen and oxygen atoms in total. The standard InChI is InChI=1S/C10H11N5O4S/c11-10-8(14-19-15-10)5-9(16)13-6-1-3-7(4-2-6)20(12,17)18/h1-4H,5H2,(H2,11,15)(H,13,16)(H2,12,17,18). The molecule has 0 atom stereocenters. The largest absolute Gasteiger partial charge is 0.379 e. The van der Waals surface area contributed by atoms with Gasteiger partial charge in [-0.3, -0.25) is 4.79 Å². The van der Waals surface area contributed by atoms with E-state index < -0.39 is 15.9 Å². The van der Waals surface area contributed by atoms with Crippen molar-refractivity contribution in [1.29, 1.82) is 0 Å². The summed E-state index contributed by atoms with van der Waals surface area (Å²) in [5.74, 6) is -0.347. The molecule has 10 heteroatoms. The Morgan fingerprint density at radius 2 is 1.90 bits per heavy atom. The summed E-state index contributed by atoms with van der Waals surface area (Å²) in [4.78, 5) is 11.7. The summed E-state index contributed by atoms with van der Waals surface area (Å²) in [5.41, 5.74) is 6.06. The molecular formula is C10H11N5O4S. The minimum Gasteiger partial charge on any atom is -0.379 e. The summed E-state index contributed by atoms with van der Waals surface area (Å²) in [5, 5.41) is 14.3. The Kier molecular flexibility index (Phi) is 3.68. The van der Waals surface area contributed by atoms with Gasteiger partial charge in [0.15, 0.2) is 5.82 Å². The minimum absolute atomic E-state index is 0.0413. The number of carbonyl (C=O) groups excluding carboxylic acids is 1. The molecule has 20 heavy (non-hydrogen) atoms. The van der Waals surface area contributed by atoms with Crippen molar-refractivity contribution >= 4 is 27.4 Å². The van der Waals surface area contributed by atoms with E-state index in [1.807, 2.05) is 0 Å². The Balaban J connectivity index is 2.03. The lowest BCUT2D eigenvalue weighted by Gasteiger charge is -2.04. The molecule has 1 aromatic carbocycles. The summed E-state index contributed by atoms with van der Waals surface area (Å²) >= 11 is 0. The van der Waals surface area contributed by atoms with Crippen LogP contribution in [0.4, 0.5) is 11.5 Å². The number of carbonyl (C=O) groups is 1. The summed E-state index contributed by atoms with van der Waals surface area (Å²) < 4.78 is 26.5. The van der Waals surface area contributed by atoms with Crippen molar-refractivity contribution in [3.63, 3.8) is 0 Å². The van der Waals surface area contributed by atoms with Crippen LogP contribution in [0.3, 0.4) is 0 Å². The van der Waals surface area contributed by atoms with Gasteiger partial charge in [-0.2, -0.15) is 0 Å². The maximum atomic E-state index is 11.7. The van der Waals surface area contributed by atoms with Crippen molar-refractivity contribution in [1.82, 2.24) is 10.3 Å². The molecule has 0 aliphatic carbocycles. The van der Waals surface area contributed by atoms with Crippen molar-refractivity contribution < 1.29 is 17.8 Å². The Hall–Kier alpha value is -2.46. The molecule has 0 saturated carbocycles. The van der Waals surface area contributed by atoms with Gasteiger partial charge in [-0.15, -0.1) is 0 Å². The number of aromatic nitrogens is 2. The van der Waals surface area contributed by atoms with Gasteiger partial charge in [0.2, 0.25) is 15.9 Å². The second-order valence-electron chi connectivity index (χ2n) is 3.89. The topological polar surface area (TPSA) is 154 Å². The quantitative estimate of drug-likeness (QED) is 0.685. The van der Waals surface area contributed by atoms with Gasteiger partial charge in [0.05, 0.1) is 11.3 Å². The number of amides is 1. The van der Waals surface area contributed by atoms with Crippen LogP contribution in [-0.2, 0) is 21.2 Å². The molecule has 1 amide bonds. The van der Waals surface area contributed by atoms with Gasteiger partial charge in [0.25, 0.3) is 0 Å². The van der Waals surface area contributed by atoms with E-state index in [2.05, 4.69) is 20.3 Å². The predicted molar refractivity (Wildman–Crippen MR) is 68.9 cm³/mol. The molecule has 0 spiro atoms. The molecule has 0 unspecified atom stereocenters. The molecule has 1 aromatic heterocycles. The molecule has 0 saturated heterocycles. The summed E-state index contributed by atoms with van der Waals surface area (Å²) in [6, 6.07) is 5.41. The van der Waals surface area contributed by atoms with Crippen molar-refractivity contribution in [3.05, 3.63) is 30.0 Å². The van der Waals surface area contributed by atoms with Crippen LogP contribution in [-0.4, -0.2) is 24.6 Å². The van der Waals surface area contributed by atoms with E-state index in [0.717, 1.165) is 0 Å². The van der Waals surface area contributed by atoms with Gasteiger partial charge < -0.3 is 11.1 Å². The number of primary sulfonamides is 1. The fourth-order valence-corrected chi connectivity index (χ4v) is 1.94. The molecule has 0 fully saturated rings. The van der Waals surface area contributed by atoms with Crippen molar-refractivity contribution in [2.45, 2.75) is 11.3 Å². The average Bonchev–Trinajstić information content (AvgIpc) is 2.74. The van der Waals surface area contributed by atoms with E-state index in [-0.39, 0.29) is 22.8 Å². The smallest absolute Gasteiger partial charge is 0.238 e. The molecule has 0 radical (unpaired) electrons. The highest BCUT2D eigenvalue weighted by atomic mass is 32.2. The average molecular weight is 297 g/mol. The second kappa shape index (κ2) is 5.27. The van der Waals surface area contributed by atoms with Crippen LogP contribution in [0.5, 0.6) is 0 Å². The predicted octanol–water partition coefficient (Wildman–Crippen LogP) is -0.520. The summed E-state index contributed by atoms with van der Waals surface area (Å²) in [6.45, 7) is 0. The number of nitrogens with one attached hydrogen (secondary N) is 1. The number of sulfonamides is 1. The van der Waals surface area contributed by atoms with E-state index in [4.69, 9.17) is 10.9 Å². The van der Waals surface area contributed by atoms with Crippen LogP contribution in [0.15, 0.2) is 33.8 Å². The molecule has 0 bridgehead atoms. The molecule has 1 heterocycles. The zero-order valence-electron chi connectivity index (χ0n) is 10.1. The third-order valence-electron chi connectivity index (χ3n) is 2.38. The minimum atomic E-state index is -3.75. The highest BCUT2D eigenvalue weighted by Crippen LogP contribution is 2.13. The first-order chi connectivity index (χ1) is 9.36. The number of nitrogens with zero attached hydrogens (tertiary/aromatic N) is 2. The van der Waals surface area contributed by atoms with Crippen molar-refractivity contribution in [2.75, 3.05) is 11.1 Å². The molecule has 0 aliphatic heterocycles. The van der Waals surface area contributed by atoms with E-state index in [9.17, 15) is 13.2 Å². The van der Waals surface area contributed by atoms with Gasteiger partial charge in [0.1, 0.15) is 5.69 Å². The zero-order valence-corrected chi connectivity index (χ0v) is 10.9. The van der Waals surface area contributed by atoms with E-state index in [0.29, 0.717) is 5.69 Å². The fraction of sp³-hybridized carbons (Fsp3) is 0.100. The van der Waals surface area contributed by atoms with Crippen LogP contribution in [0.2, 0.25) is 0 Å². The van der Waals surface area contributed by atoms with E-state index in [1.165, 1.54) is 24.3 Å². The number of hydrogen-bond donors (Lipinski definition) is 3. The lowest BCUT2D eigenvalue weighted by atomic mass is 10.2. The SMILES string of the molecule is Nc1nonc1CC(=O)Nc1ccc(S(N)(=O)=O)cc1. The van der Waals surface area contributed by atoms with E-state index in [1.54, 1.807) is 0 Å². The zero-order chi connectivity index (χ0) is 14.8. The third kappa shape index (κ3) is 3.30. The number of anilines is 2. The lowest BCUT2D eigenvalue weighted by molar-refractivity contribution is -0.115. The highest BCUT2D eigenvalue weighted by molar-refractivity contribution is 7.89. The Labute approximate surface area is 114 Å². The van der Waals surface area contributed by atoms with Gasteiger partial charge in [-0.05, 0) is 29.4 Å². The number of benzene rings is 1. The van der Waals surface area contributed by atoms with Crippen LogP contribution >= 0.6 is 0 Å². The molecule has 0 aliphatic rings. The number of nitrogens with two attached hydrogens (primary N) is 2.